The molecule has 2 nitrogen and oxygen atoms in total. The Morgan fingerprint density at radius 2 is 1.67 bits per heavy atom. The molecule has 0 radical (unpaired) electrons. The molecule has 0 amide bonds. The van der Waals surface area contributed by atoms with Gasteiger partial charge in [-0.3, -0.25) is 4.90 Å². The molecule has 2 atom stereocenters. The molecular weight excluding hydrogens is 277 g/mol. The van der Waals surface area contributed by atoms with Gasteiger partial charge in [0.25, 0.3) is 0 Å². The van der Waals surface area contributed by atoms with Gasteiger partial charge < -0.3 is 5.73 Å². The smallest absolute Gasteiger partial charge is 0.329 e. The van der Waals surface area contributed by atoms with Gasteiger partial charge in [-0.15, -0.1) is 0 Å². The van der Waals surface area contributed by atoms with Crippen molar-refractivity contribution < 1.29 is 13.2 Å². The van der Waals surface area contributed by atoms with Crippen LogP contribution >= 0.6 is 0 Å². The average molecular weight is 304 g/mol. The molecule has 0 bridgehead atoms. The minimum Gasteiger partial charge on any atom is -0.329 e. The first kappa shape index (κ1) is 15.6. The van der Waals surface area contributed by atoms with E-state index < -0.39 is 12.1 Å². The van der Waals surface area contributed by atoms with E-state index in [0.717, 1.165) is 12.5 Å². The van der Waals surface area contributed by atoms with Gasteiger partial charge in [0.05, 0.1) is 5.92 Å². The van der Waals surface area contributed by atoms with Crippen LogP contribution in [0.3, 0.4) is 0 Å². The van der Waals surface area contributed by atoms with Gasteiger partial charge in [0.1, 0.15) is 0 Å². The number of fused-ring (bicyclic) bond motifs is 1. The summed E-state index contributed by atoms with van der Waals surface area (Å²) in [7, 11) is 0. The first-order valence-corrected chi connectivity index (χ1v) is 8.50. The summed E-state index contributed by atoms with van der Waals surface area (Å²) in [5, 5.41) is 0. The molecule has 0 aromatic rings. The number of alkyl halides is 3. The number of halogens is 3. The third-order valence-corrected chi connectivity index (χ3v) is 6.36. The van der Waals surface area contributed by atoms with E-state index in [0.29, 0.717) is 25.4 Å². The van der Waals surface area contributed by atoms with E-state index in [1.54, 1.807) is 0 Å². The second kappa shape index (κ2) is 5.73. The molecule has 0 aromatic carbocycles. The van der Waals surface area contributed by atoms with Crippen molar-refractivity contribution in [2.24, 2.45) is 17.6 Å². The van der Waals surface area contributed by atoms with Crippen molar-refractivity contribution in [2.75, 3.05) is 13.1 Å². The maximum absolute atomic E-state index is 12.9. The van der Waals surface area contributed by atoms with Gasteiger partial charge >= 0.3 is 6.18 Å². The van der Waals surface area contributed by atoms with E-state index in [1.807, 2.05) is 0 Å². The lowest BCUT2D eigenvalue weighted by Crippen LogP contribution is -2.62. The first-order chi connectivity index (χ1) is 9.96. The number of nitrogens with zero attached hydrogens (tertiary/aromatic N) is 1. The second-order valence-corrected chi connectivity index (χ2v) is 7.34. The van der Waals surface area contributed by atoms with Crippen molar-refractivity contribution in [3.05, 3.63) is 0 Å². The molecule has 2 saturated carbocycles. The maximum Gasteiger partial charge on any atom is 0.391 e. The van der Waals surface area contributed by atoms with Crippen LogP contribution in [0.2, 0.25) is 0 Å². The topological polar surface area (TPSA) is 29.3 Å². The van der Waals surface area contributed by atoms with Gasteiger partial charge in [0.2, 0.25) is 0 Å². The molecule has 1 saturated heterocycles. The van der Waals surface area contributed by atoms with E-state index in [4.69, 9.17) is 5.73 Å². The molecule has 0 aromatic heterocycles. The van der Waals surface area contributed by atoms with Crippen LogP contribution in [-0.2, 0) is 0 Å². The van der Waals surface area contributed by atoms with E-state index in [9.17, 15) is 13.2 Å². The summed E-state index contributed by atoms with van der Waals surface area (Å²) in [4.78, 5) is 2.54. The van der Waals surface area contributed by atoms with E-state index in [2.05, 4.69) is 4.90 Å². The van der Waals surface area contributed by atoms with E-state index >= 15 is 0 Å². The number of nitrogens with two attached hydrogens (primary N) is 1. The summed E-state index contributed by atoms with van der Waals surface area (Å²) < 4.78 is 38.7. The normalized spacial score (nSPS) is 42.0. The zero-order valence-corrected chi connectivity index (χ0v) is 12.7. The molecule has 0 spiro atoms. The van der Waals surface area contributed by atoms with Crippen LogP contribution < -0.4 is 5.73 Å². The standard InChI is InChI=1S/C16H27F3N2/c17-16(18,19)13-6-8-15(11-20,9-7-13)21-10-2-4-12-3-1-5-14(12)21/h12-14H,1-11,20H2. The highest BCUT2D eigenvalue weighted by Gasteiger charge is 2.50. The highest BCUT2D eigenvalue weighted by molar-refractivity contribution is 5.03. The van der Waals surface area contributed by atoms with Crippen molar-refractivity contribution in [1.82, 2.24) is 4.90 Å². The van der Waals surface area contributed by atoms with Gasteiger partial charge in [0.15, 0.2) is 0 Å². The fraction of sp³-hybridized carbons (Fsp3) is 1.00. The minimum atomic E-state index is -4.03. The van der Waals surface area contributed by atoms with Crippen LogP contribution in [0.4, 0.5) is 13.2 Å². The number of likely N-dealkylation sites (tertiary alicyclic amines) is 1. The molecule has 2 aliphatic carbocycles. The lowest BCUT2D eigenvalue weighted by Gasteiger charge is -2.53. The largest absolute Gasteiger partial charge is 0.391 e. The van der Waals surface area contributed by atoms with Crippen molar-refractivity contribution in [3.8, 4) is 0 Å². The molecule has 3 aliphatic rings. The zero-order valence-electron chi connectivity index (χ0n) is 12.7. The molecule has 2 N–H and O–H groups in total. The Hall–Kier alpha value is -0.290. The highest BCUT2D eigenvalue weighted by Crippen LogP contribution is 2.47. The molecule has 21 heavy (non-hydrogen) atoms. The summed E-state index contributed by atoms with van der Waals surface area (Å²) in [5.74, 6) is -0.344. The van der Waals surface area contributed by atoms with Crippen LogP contribution in [0, 0.1) is 11.8 Å². The molecular formula is C16H27F3N2. The third-order valence-electron chi connectivity index (χ3n) is 6.36. The summed E-state index contributed by atoms with van der Waals surface area (Å²) >= 11 is 0. The molecule has 2 unspecified atom stereocenters. The van der Waals surface area contributed by atoms with Crippen molar-refractivity contribution >= 4 is 0 Å². The van der Waals surface area contributed by atoms with Gasteiger partial charge in [-0.1, -0.05) is 6.42 Å². The Morgan fingerprint density at radius 3 is 2.29 bits per heavy atom. The molecule has 1 aliphatic heterocycles. The highest BCUT2D eigenvalue weighted by atomic mass is 19.4. The van der Waals surface area contributed by atoms with E-state index in [1.165, 1.54) is 32.1 Å². The Balaban J connectivity index is 1.72. The summed E-state index contributed by atoms with van der Waals surface area (Å²) in [6.07, 6.45) is 4.01. The summed E-state index contributed by atoms with van der Waals surface area (Å²) in [5.41, 5.74) is 5.93. The number of hydrogen-bond donors (Lipinski definition) is 1. The van der Waals surface area contributed by atoms with Crippen molar-refractivity contribution in [1.29, 1.82) is 0 Å². The van der Waals surface area contributed by atoms with Crippen LogP contribution in [-0.4, -0.2) is 35.7 Å². The molecule has 5 heteroatoms. The van der Waals surface area contributed by atoms with Gasteiger partial charge in [-0.2, -0.15) is 13.2 Å². The second-order valence-electron chi connectivity index (χ2n) is 7.34. The van der Waals surface area contributed by atoms with E-state index in [-0.39, 0.29) is 18.4 Å². The fourth-order valence-corrected chi connectivity index (χ4v) is 5.13. The number of hydrogen-bond acceptors (Lipinski definition) is 2. The Kier molecular flexibility index (Phi) is 4.25. The zero-order chi connectivity index (χ0) is 15.1. The summed E-state index contributed by atoms with van der Waals surface area (Å²) in [6, 6.07) is 0.588. The SMILES string of the molecule is NCC1(N2CCCC3CCCC32)CCC(C(F)(F)F)CC1. The summed E-state index contributed by atoms with van der Waals surface area (Å²) in [6.45, 7) is 1.55. The molecule has 3 rings (SSSR count). The Labute approximate surface area is 125 Å². The van der Waals surface area contributed by atoms with Gasteiger partial charge in [0, 0.05) is 18.1 Å². The molecule has 3 fully saturated rings. The predicted molar refractivity (Wildman–Crippen MR) is 76.9 cm³/mol. The van der Waals surface area contributed by atoms with Crippen molar-refractivity contribution in [3.63, 3.8) is 0 Å². The molecule has 1 heterocycles. The quantitative estimate of drug-likeness (QED) is 0.843. The minimum absolute atomic E-state index is 0.157. The van der Waals surface area contributed by atoms with Crippen molar-refractivity contribution in [2.45, 2.75) is 75.5 Å². The Morgan fingerprint density at radius 1 is 1.00 bits per heavy atom. The fourth-order valence-electron chi connectivity index (χ4n) is 5.13. The van der Waals surface area contributed by atoms with Crippen LogP contribution in [0.15, 0.2) is 0 Å². The monoisotopic (exact) mass is 304 g/mol. The number of piperidine rings is 1. The van der Waals surface area contributed by atoms with Crippen LogP contribution in [0.1, 0.15) is 57.8 Å². The predicted octanol–water partition coefficient (Wildman–Crippen LogP) is 3.70. The lowest BCUT2D eigenvalue weighted by molar-refractivity contribution is -0.190. The Bertz CT molecular complexity index is 361. The average Bonchev–Trinajstić information content (AvgIpc) is 2.94. The van der Waals surface area contributed by atoms with Gasteiger partial charge in [-0.05, 0) is 63.8 Å². The maximum atomic E-state index is 12.9. The van der Waals surface area contributed by atoms with Crippen LogP contribution in [0.25, 0.3) is 0 Å². The van der Waals surface area contributed by atoms with Gasteiger partial charge in [-0.25, -0.2) is 0 Å². The molecule has 122 valence electrons. The number of rotatable bonds is 2. The lowest BCUT2D eigenvalue weighted by atomic mass is 9.73. The van der Waals surface area contributed by atoms with Crippen LogP contribution in [0.5, 0.6) is 0 Å². The first-order valence-electron chi connectivity index (χ1n) is 8.50. The third kappa shape index (κ3) is 2.83.